The zero-order valence-electron chi connectivity index (χ0n) is 13.4. The normalized spacial score (nSPS) is 10.7. The number of hydrogen-bond acceptors (Lipinski definition) is 4. The molecule has 1 aromatic carbocycles. The van der Waals surface area contributed by atoms with E-state index >= 15 is 0 Å². The minimum absolute atomic E-state index is 0.0890. The van der Waals surface area contributed by atoms with E-state index in [-0.39, 0.29) is 27.7 Å². The van der Waals surface area contributed by atoms with E-state index in [0.717, 1.165) is 5.56 Å². The number of carbonyl (C=O) groups is 2. The van der Waals surface area contributed by atoms with Gasteiger partial charge in [-0.1, -0.05) is 11.6 Å². The van der Waals surface area contributed by atoms with Crippen LogP contribution in [0.4, 0.5) is 5.69 Å². The number of pyridine rings is 1. The third kappa shape index (κ3) is 3.27. The molecule has 0 aliphatic heterocycles. The summed E-state index contributed by atoms with van der Waals surface area (Å²) in [6.45, 7) is 1.93. The maximum Gasteiger partial charge on any atom is 0.339 e. The van der Waals surface area contributed by atoms with Gasteiger partial charge in [0.15, 0.2) is 0 Å². The standard InChI is InChI=1S/C17H14ClN3O4/c1-9-3-4-21-8-13(19-15(21)5-9)16(22)20-12-7-14(25-2)10(17(23)24)6-11(12)18/h3-8H,1-2H3,(H,20,22)(H,23,24). The van der Waals surface area contributed by atoms with E-state index in [0.29, 0.717) is 5.65 Å². The Balaban J connectivity index is 1.92. The van der Waals surface area contributed by atoms with E-state index in [1.54, 1.807) is 10.6 Å². The Morgan fingerprint density at radius 2 is 2.08 bits per heavy atom. The van der Waals surface area contributed by atoms with Crippen molar-refractivity contribution in [2.45, 2.75) is 6.92 Å². The van der Waals surface area contributed by atoms with Crippen molar-refractivity contribution in [3.63, 3.8) is 0 Å². The van der Waals surface area contributed by atoms with Gasteiger partial charge in [-0.05, 0) is 30.7 Å². The highest BCUT2D eigenvalue weighted by molar-refractivity contribution is 6.34. The zero-order chi connectivity index (χ0) is 18.1. The number of imidazole rings is 1. The van der Waals surface area contributed by atoms with Crippen molar-refractivity contribution in [1.29, 1.82) is 0 Å². The van der Waals surface area contributed by atoms with Crippen LogP contribution in [0.15, 0.2) is 36.7 Å². The van der Waals surface area contributed by atoms with Crippen molar-refractivity contribution in [2.75, 3.05) is 12.4 Å². The predicted molar refractivity (Wildman–Crippen MR) is 92.8 cm³/mol. The molecule has 0 unspecified atom stereocenters. The third-order valence-electron chi connectivity index (χ3n) is 3.62. The number of ether oxygens (including phenoxy) is 1. The first-order valence-electron chi connectivity index (χ1n) is 7.26. The Morgan fingerprint density at radius 3 is 2.76 bits per heavy atom. The molecule has 0 aliphatic rings. The fourth-order valence-corrected chi connectivity index (χ4v) is 2.58. The number of fused-ring (bicyclic) bond motifs is 1. The second kappa shape index (κ2) is 6.45. The van der Waals surface area contributed by atoms with Crippen LogP contribution in [0.1, 0.15) is 26.4 Å². The highest BCUT2D eigenvalue weighted by atomic mass is 35.5. The Hall–Kier alpha value is -3.06. The van der Waals surface area contributed by atoms with Gasteiger partial charge >= 0.3 is 5.97 Å². The van der Waals surface area contributed by atoms with Gasteiger partial charge in [0, 0.05) is 18.5 Å². The number of benzene rings is 1. The number of carboxylic acid groups (broad SMARTS) is 1. The third-order valence-corrected chi connectivity index (χ3v) is 3.93. The van der Waals surface area contributed by atoms with Crippen LogP contribution in [0.25, 0.3) is 5.65 Å². The molecule has 1 amide bonds. The number of halogens is 1. The van der Waals surface area contributed by atoms with E-state index in [2.05, 4.69) is 10.3 Å². The van der Waals surface area contributed by atoms with Crippen molar-refractivity contribution in [2.24, 2.45) is 0 Å². The fourth-order valence-electron chi connectivity index (χ4n) is 2.36. The number of aromatic nitrogens is 2. The summed E-state index contributed by atoms with van der Waals surface area (Å²) in [7, 11) is 1.34. The number of nitrogens with zero attached hydrogens (tertiary/aromatic N) is 2. The Morgan fingerprint density at radius 1 is 1.32 bits per heavy atom. The summed E-state index contributed by atoms with van der Waals surface area (Å²) < 4.78 is 6.77. The molecule has 0 bridgehead atoms. The van der Waals surface area contributed by atoms with Gasteiger partial charge in [0.1, 0.15) is 22.7 Å². The Kier molecular flexibility index (Phi) is 4.33. The molecule has 0 radical (unpaired) electrons. The van der Waals surface area contributed by atoms with Crippen LogP contribution in [0.5, 0.6) is 5.75 Å². The van der Waals surface area contributed by atoms with Crippen molar-refractivity contribution in [1.82, 2.24) is 9.38 Å². The van der Waals surface area contributed by atoms with Gasteiger partial charge < -0.3 is 19.6 Å². The summed E-state index contributed by atoms with van der Waals surface area (Å²) in [5.41, 5.74) is 2.04. The SMILES string of the molecule is COc1cc(NC(=O)c2cn3ccc(C)cc3n2)c(Cl)cc1C(=O)O. The average molecular weight is 360 g/mol. The lowest BCUT2D eigenvalue weighted by Crippen LogP contribution is -2.13. The van der Waals surface area contributed by atoms with Crippen LogP contribution in [0.2, 0.25) is 5.02 Å². The summed E-state index contributed by atoms with van der Waals surface area (Å²) in [4.78, 5) is 27.9. The number of rotatable bonds is 4. The van der Waals surface area contributed by atoms with Gasteiger partial charge in [0.25, 0.3) is 5.91 Å². The van der Waals surface area contributed by atoms with Gasteiger partial charge in [-0.2, -0.15) is 0 Å². The second-order valence-electron chi connectivity index (χ2n) is 5.39. The number of nitrogens with one attached hydrogen (secondary N) is 1. The topological polar surface area (TPSA) is 92.9 Å². The molecule has 25 heavy (non-hydrogen) atoms. The van der Waals surface area contributed by atoms with Crippen LogP contribution in [-0.4, -0.2) is 33.5 Å². The van der Waals surface area contributed by atoms with Gasteiger partial charge in [0.05, 0.1) is 17.8 Å². The van der Waals surface area contributed by atoms with E-state index in [1.807, 2.05) is 25.3 Å². The number of hydrogen-bond donors (Lipinski definition) is 2. The monoisotopic (exact) mass is 359 g/mol. The van der Waals surface area contributed by atoms with Crippen molar-refractivity contribution in [3.05, 3.63) is 58.5 Å². The molecule has 3 aromatic rings. The molecule has 0 saturated carbocycles. The molecule has 7 nitrogen and oxygen atoms in total. The van der Waals surface area contributed by atoms with Gasteiger partial charge in [-0.3, -0.25) is 4.79 Å². The molecule has 128 valence electrons. The van der Waals surface area contributed by atoms with E-state index < -0.39 is 11.9 Å². The summed E-state index contributed by atoms with van der Waals surface area (Å²) >= 11 is 6.07. The lowest BCUT2D eigenvalue weighted by atomic mass is 10.1. The number of carboxylic acids is 1. The smallest absolute Gasteiger partial charge is 0.339 e. The van der Waals surface area contributed by atoms with Crippen molar-refractivity contribution >= 4 is 34.8 Å². The van der Waals surface area contributed by atoms with Gasteiger partial charge in [-0.25, -0.2) is 9.78 Å². The Labute approximate surface area is 147 Å². The molecule has 2 aromatic heterocycles. The quantitative estimate of drug-likeness (QED) is 0.745. The number of amides is 1. The summed E-state index contributed by atoms with van der Waals surface area (Å²) in [5.74, 6) is -1.54. The van der Waals surface area contributed by atoms with Crippen molar-refractivity contribution < 1.29 is 19.4 Å². The summed E-state index contributed by atoms with van der Waals surface area (Å²) in [6, 6.07) is 6.35. The highest BCUT2D eigenvalue weighted by Crippen LogP contribution is 2.31. The van der Waals surface area contributed by atoms with Crippen LogP contribution >= 0.6 is 11.6 Å². The van der Waals surface area contributed by atoms with E-state index in [1.165, 1.54) is 19.2 Å². The maximum atomic E-state index is 12.4. The second-order valence-corrected chi connectivity index (χ2v) is 5.79. The van der Waals surface area contributed by atoms with Crippen LogP contribution in [-0.2, 0) is 0 Å². The molecular formula is C17H14ClN3O4. The number of methoxy groups -OCH3 is 1. The van der Waals surface area contributed by atoms with Gasteiger partial charge in [0.2, 0.25) is 0 Å². The number of aromatic carboxylic acids is 1. The molecule has 0 aliphatic carbocycles. The Bertz CT molecular complexity index is 997. The van der Waals surface area contributed by atoms with Crippen LogP contribution in [0, 0.1) is 6.92 Å². The van der Waals surface area contributed by atoms with Gasteiger partial charge in [-0.15, -0.1) is 0 Å². The van der Waals surface area contributed by atoms with Crippen LogP contribution < -0.4 is 10.1 Å². The first kappa shape index (κ1) is 16.8. The lowest BCUT2D eigenvalue weighted by molar-refractivity contribution is 0.0693. The molecule has 8 heteroatoms. The molecule has 0 fully saturated rings. The average Bonchev–Trinajstić information content (AvgIpc) is 2.99. The maximum absolute atomic E-state index is 12.4. The number of anilines is 1. The summed E-state index contributed by atoms with van der Waals surface area (Å²) in [6.07, 6.45) is 3.41. The fraction of sp³-hybridized carbons (Fsp3) is 0.118. The number of aryl methyl sites for hydroxylation is 1. The minimum Gasteiger partial charge on any atom is -0.496 e. The lowest BCUT2D eigenvalue weighted by Gasteiger charge is -2.10. The molecule has 0 saturated heterocycles. The van der Waals surface area contributed by atoms with Crippen molar-refractivity contribution in [3.8, 4) is 5.75 Å². The predicted octanol–water partition coefficient (Wildman–Crippen LogP) is 3.26. The van der Waals surface area contributed by atoms with E-state index in [9.17, 15) is 9.59 Å². The molecule has 2 N–H and O–H groups in total. The first-order chi connectivity index (χ1) is 11.9. The van der Waals surface area contributed by atoms with Crippen LogP contribution in [0.3, 0.4) is 0 Å². The highest BCUT2D eigenvalue weighted by Gasteiger charge is 2.18. The first-order valence-corrected chi connectivity index (χ1v) is 7.64. The molecular weight excluding hydrogens is 346 g/mol. The van der Waals surface area contributed by atoms with E-state index in [4.69, 9.17) is 21.4 Å². The number of carbonyl (C=O) groups excluding carboxylic acids is 1. The minimum atomic E-state index is -1.17. The summed E-state index contributed by atoms with van der Waals surface area (Å²) in [5, 5.41) is 11.8. The molecule has 2 heterocycles. The zero-order valence-corrected chi connectivity index (χ0v) is 14.2. The largest absolute Gasteiger partial charge is 0.496 e. The molecule has 0 spiro atoms. The molecule has 3 rings (SSSR count). The molecule has 0 atom stereocenters.